The number of thiocarbonyl (C=S) groups is 1. The Hall–Kier alpha value is -3.28. The van der Waals surface area contributed by atoms with Crippen molar-refractivity contribution in [2.45, 2.75) is 6.04 Å². The monoisotopic (exact) mass is 438 g/mol. The van der Waals surface area contributed by atoms with Crippen LogP contribution in [0.3, 0.4) is 0 Å². The van der Waals surface area contributed by atoms with Crippen molar-refractivity contribution in [2.75, 3.05) is 13.7 Å². The number of carboxylic acid groups (broad SMARTS) is 1. The van der Waals surface area contributed by atoms with E-state index in [0.717, 1.165) is 16.7 Å². The first-order chi connectivity index (χ1) is 14.5. The lowest BCUT2D eigenvalue weighted by Gasteiger charge is -2.27. The van der Waals surface area contributed by atoms with Crippen LogP contribution in [0.4, 0.5) is 0 Å². The van der Waals surface area contributed by atoms with Crippen LogP contribution in [0.5, 0.6) is 11.5 Å². The van der Waals surface area contributed by atoms with Crippen LogP contribution < -0.4 is 14.6 Å². The minimum Gasteiger partial charge on any atom is -0.547 e. The third-order valence-electron chi connectivity index (χ3n) is 4.22. The second-order valence-corrected chi connectivity index (χ2v) is 7.76. The summed E-state index contributed by atoms with van der Waals surface area (Å²) < 4.78 is 10.9. The zero-order chi connectivity index (χ0) is 21.7. The molecule has 1 aliphatic heterocycles. The maximum Gasteiger partial charge on any atom is 0.267 e. The summed E-state index contributed by atoms with van der Waals surface area (Å²) in [5.74, 6) is 1.39. The van der Waals surface area contributed by atoms with E-state index in [9.17, 15) is 14.7 Å². The average molecular weight is 439 g/mol. The number of benzene rings is 2. The van der Waals surface area contributed by atoms with Crippen LogP contribution >= 0.6 is 24.0 Å². The SMILES string of the molecule is C#CCOc1ccc(/C=C2\SC(=S)N([C@@H](C(=O)[O-])c3ccccc3)C2=O)cc1OC. The van der Waals surface area contributed by atoms with Gasteiger partial charge in [0.1, 0.15) is 17.0 Å². The van der Waals surface area contributed by atoms with Crippen LogP contribution in [-0.2, 0) is 9.59 Å². The molecule has 30 heavy (non-hydrogen) atoms. The highest BCUT2D eigenvalue weighted by atomic mass is 32.2. The van der Waals surface area contributed by atoms with Crippen molar-refractivity contribution in [1.29, 1.82) is 0 Å². The van der Waals surface area contributed by atoms with Crippen molar-refractivity contribution in [3.05, 3.63) is 64.6 Å². The molecule has 6 nitrogen and oxygen atoms in total. The molecule has 0 spiro atoms. The Bertz CT molecular complexity index is 1060. The van der Waals surface area contributed by atoms with Crippen LogP contribution in [0.15, 0.2) is 53.4 Å². The number of hydrogen-bond donors (Lipinski definition) is 0. The number of nitrogens with zero attached hydrogens (tertiary/aromatic N) is 1. The number of hydrogen-bond acceptors (Lipinski definition) is 7. The largest absolute Gasteiger partial charge is 0.547 e. The molecule has 0 aromatic heterocycles. The van der Waals surface area contributed by atoms with Gasteiger partial charge in [-0.25, -0.2) is 0 Å². The highest BCUT2D eigenvalue weighted by Crippen LogP contribution is 2.39. The predicted octanol–water partition coefficient (Wildman–Crippen LogP) is 2.40. The lowest BCUT2D eigenvalue weighted by atomic mass is 10.1. The number of carbonyl (C=O) groups excluding carboxylic acids is 2. The maximum absolute atomic E-state index is 13.0. The molecular weight excluding hydrogens is 422 g/mol. The van der Waals surface area contributed by atoms with Crippen LogP contribution in [0.2, 0.25) is 0 Å². The van der Waals surface area contributed by atoms with Crippen LogP contribution in [0.25, 0.3) is 6.08 Å². The van der Waals surface area contributed by atoms with Gasteiger partial charge in [0.2, 0.25) is 0 Å². The van der Waals surface area contributed by atoms with Gasteiger partial charge in [0.05, 0.1) is 18.0 Å². The molecule has 0 aliphatic carbocycles. The smallest absolute Gasteiger partial charge is 0.267 e. The molecule has 2 aromatic carbocycles. The molecule has 1 saturated heterocycles. The molecule has 8 heteroatoms. The van der Waals surface area contributed by atoms with Gasteiger partial charge in [-0.05, 0) is 29.3 Å². The summed E-state index contributed by atoms with van der Waals surface area (Å²) in [6.07, 6.45) is 6.82. The molecule has 0 saturated carbocycles. The Morgan fingerprint density at radius 2 is 2.03 bits per heavy atom. The predicted molar refractivity (Wildman–Crippen MR) is 117 cm³/mol. The number of carbonyl (C=O) groups is 2. The first kappa shape index (κ1) is 21.4. The van der Waals surface area contributed by atoms with E-state index < -0.39 is 17.9 Å². The normalized spacial score (nSPS) is 15.7. The van der Waals surface area contributed by atoms with Gasteiger partial charge in [0, 0.05) is 0 Å². The third-order valence-corrected chi connectivity index (χ3v) is 5.55. The van der Waals surface area contributed by atoms with Crippen molar-refractivity contribution in [3.63, 3.8) is 0 Å². The Morgan fingerprint density at radius 3 is 2.67 bits per heavy atom. The van der Waals surface area contributed by atoms with Gasteiger partial charge in [-0.1, -0.05) is 66.3 Å². The van der Waals surface area contributed by atoms with Crippen molar-refractivity contribution < 1.29 is 24.2 Å². The number of carboxylic acids is 1. The fourth-order valence-corrected chi connectivity index (χ4v) is 4.21. The summed E-state index contributed by atoms with van der Waals surface area (Å²) in [4.78, 5) is 26.2. The zero-order valence-corrected chi connectivity index (χ0v) is 17.5. The molecule has 1 atom stereocenters. The van der Waals surface area contributed by atoms with Crippen LogP contribution in [-0.4, -0.2) is 34.8 Å². The molecule has 3 rings (SSSR count). The molecule has 1 amide bonds. The molecule has 0 unspecified atom stereocenters. The summed E-state index contributed by atoms with van der Waals surface area (Å²) in [6.45, 7) is 0.0957. The third kappa shape index (κ3) is 4.48. The number of aliphatic carboxylic acids is 1. The molecule has 2 aromatic rings. The minimum absolute atomic E-state index is 0.0957. The van der Waals surface area contributed by atoms with E-state index in [-0.39, 0.29) is 10.9 Å². The fourth-order valence-electron chi connectivity index (χ4n) is 2.89. The number of methoxy groups -OCH3 is 1. The molecule has 1 aliphatic rings. The van der Waals surface area contributed by atoms with Gasteiger partial charge in [-0.15, -0.1) is 6.42 Å². The van der Waals surface area contributed by atoms with E-state index in [1.165, 1.54) is 7.11 Å². The maximum atomic E-state index is 13.0. The Labute approximate surface area is 183 Å². The summed E-state index contributed by atoms with van der Waals surface area (Å²) in [6, 6.07) is 12.1. The van der Waals surface area contributed by atoms with Gasteiger partial charge in [0.15, 0.2) is 11.5 Å². The molecule has 0 N–H and O–H groups in total. The Kier molecular flexibility index (Phi) is 6.77. The van der Waals surface area contributed by atoms with Gasteiger partial charge in [-0.3, -0.25) is 9.69 Å². The minimum atomic E-state index is -1.41. The summed E-state index contributed by atoms with van der Waals surface area (Å²) in [5, 5.41) is 11.8. The van der Waals surface area contributed by atoms with Gasteiger partial charge >= 0.3 is 0 Å². The molecule has 1 fully saturated rings. The van der Waals surface area contributed by atoms with Crippen molar-refractivity contribution in [2.24, 2.45) is 0 Å². The van der Waals surface area contributed by atoms with Crippen molar-refractivity contribution >= 4 is 46.3 Å². The van der Waals surface area contributed by atoms with E-state index in [1.807, 2.05) is 0 Å². The summed E-state index contributed by atoms with van der Waals surface area (Å²) in [7, 11) is 1.49. The second kappa shape index (κ2) is 9.48. The Balaban J connectivity index is 1.91. The standard InChI is InChI=1S/C22H17NO5S2/c1-3-11-28-16-10-9-14(12-17(16)27-2)13-18-20(24)23(22(29)30-18)19(21(25)26)15-7-5-4-6-8-15/h1,4-10,12-13,19H,11H2,2H3,(H,25,26)/p-1/b18-13-/t19-/m1/s1. The van der Waals surface area contributed by atoms with Crippen molar-refractivity contribution in [3.8, 4) is 23.8 Å². The highest BCUT2D eigenvalue weighted by molar-refractivity contribution is 8.26. The number of rotatable bonds is 7. The van der Waals surface area contributed by atoms with Gasteiger partial charge < -0.3 is 19.4 Å². The average Bonchev–Trinajstić information content (AvgIpc) is 3.01. The lowest BCUT2D eigenvalue weighted by Crippen LogP contribution is -2.43. The Morgan fingerprint density at radius 1 is 1.30 bits per heavy atom. The highest BCUT2D eigenvalue weighted by Gasteiger charge is 2.38. The number of thioether (sulfide) groups is 1. The van der Waals surface area contributed by atoms with E-state index in [1.54, 1.807) is 54.6 Å². The second-order valence-electron chi connectivity index (χ2n) is 6.09. The number of amides is 1. The number of terminal acetylenes is 1. The first-order valence-electron chi connectivity index (χ1n) is 8.73. The molecule has 152 valence electrons. The summed E-state index contributed by atoms with van der Waals surface area (Å²) >= 11 is 6.32. The van der Waals surface area contributed by atoms with Crippen LogP contribution in [0.1, 0.15) is 17.2 Å². The van der Waals surface area contributed by atoms with Gasteiger partial charge in [0.25, 0.3) is 5.91 Å². The van der Waals surface area contributed by atoms with Crippen LogP contribution in [0, 0.1) is 12.3 Å². The first-order valence-corrected chi connectivity index (χ1v) is 9.96. The zero-order valence-electron chi connectivity index (χ0n) is 15.9. The van der Waals surface area contributed by atoms with E-state index in [0.29, 0.717) is 27.5 Å². The molecule has 0 radical (unpaired) electrons. The van der Waals surface area contributed by atoms with E-state index >= 15 is 0 Å². The van der Waals surface area contributed by atoms with E-state index in [2.05, 4.69) is 5.92 Å². The molecule has 0 bridgehead atoms. The quantitative estimate of drug-likeness (QED) is 0.373. The summed E-state index contributed by atoms with van der Waals surface area (Å²) in [5.41, 5.74) is 1.07. The topological polar surface area (TPSA) is 78.9 Å². The lowest BCUT2D eigenvalue weighted by molar-refractivity contribution is -0.310. The van der Waals surface area contributed by atoms with Crippen molar-refractivity contribution in [1.82, 2.24) is 4.90 Å². The molecule has 1 heterocycles. The number of ether oxygens (including phenoxy) is 2. The molecular formula is C22H16NO5S2-. The fraction of sp³-hybridized carbons (Fsp3) is 0.136. The van der Waals surface area contributed by atoms with E-state index in [4.69, 9.17) is 28.1 Å². The van der Waals surface area contributed by atoms with Gasteiger partial charge in [-0.2, -0.15) is 0 Å².